The minimum absolute atomic E-state index is 0.162. The van der Waals surface area contributed by atoms with Gasteiger partial charge in [-0.2, -0.15) is 5.26 Å². The zero-order chi connectivity index (χ0) is 15.4. The molecular weight excluding hydrogens is 274 g/mol. The third kappa shape index (κ3) is 3.04. The summed E-state index contributed by atoms with van der Waals surface area (Å²) in [6, 6.07) is 10.1. The van der Waals surface area contributed by atoms with E-state index in [9.17, 15) is 10.1 Å². The Morgan fingerprint density at radius 3 is 2.82 bits per heavy atom. The van der Waals surface area contributed by atoms with Crippen molar-refractivity contribution < 1.29 is 4.79 Å². The molecule has 0 unspecified atom stereocenters. The number of H-pyrrole nitrogens is 1. The van der Waals surface area contributed by atoms with Crippen molar-refractivity contribution in [2.75, 3.05) is 0 Å². The number of hydrogen-bond donors (Lipinski definition) is 2. The summed E-state index contributed by atoms with van der Waals surface area (Å²) in [4.78, 5) is 15.4. The van der Waals surface area contributed by atoms with E-state index in [4.69, 9.17) is 0 Å². The second-order valence-electron chi connectivity index (χ2n) is 5.77. The number of nitrogens with one attached hydrogen (secondary N) is 2. The largest absolute Gasteiger partial charge is 0.361 e. The Hall–Kier alpha value is -2.54. The topological polar surface area (TPSA) is 68.7 Å². The molecule has 0 bridgehead atoms. The molecule has 3 rings (SSSR count). The van der Waals surface area contributed by atoms with E-state index in [0.29, 0.717) is 0 Å². The van der Waals surface area contributed by atoms with Crippen molar-refractivity contribution >= 4 is 22.9 Å². The second-order valence-corrected chi connectivity index (χ2v) is 5.77. The Bertz CT molecular complexity index is 745. The molecular formula is C18H19N3O. The van der Waals surface area contributed by atoms with Gasteiger partial charge in [-0.3, -0.25) is 4.79 Å². The Morgan fingerprint density at radius 1 is 1.27 bits per heavy atom. The van der Waals surface area contributed by atoms with Crippen LogP contribution in [0.5, 0.6) is 0 Å². The molecule has 0 saturated heterocycles. The SMILES string of the molecule is N#C/C(=C\c1c[nH]c2ccccc12)C(=O)NC1CCCCC1. The van der Waals surface area contributed by atoms with E-state index in [2.05, 4.69) is 10.3 Å². The third-order valence-corrected chi connectivity index (χ3v) is 4.23. The van der Waals surface area contributed by atoms with Crippen molar-refractivity contribution in [3.05, 3.63) is 41.6 Å². The summed E-state index contributed by atoms with van der Waals surface area (Å²) in [5.41, 5.74) is 2.03. The summed E-state index contributed by atoms with van der Waals surface area (Å²) < 4.78 is 0. The number of carbonyl (C=O) groups excluding carboxylic acids is 1. The maximum atomic E-state index is 12.3. The smallest absolute Gasteiger partial charge is 0.262 e. The lowest BCUT2D eigenvalue weighted by molar-refractivity contribution is -0.117. The molecule has 1 fully saturated rings. The van der Waals surface area contributed by atoms with Crippen molar-refractivity contribution in [1.82, 2.24) is 10.3 Å². The molecule has 1 aliphatic rings. The van der Waals surface area contributed by atoms with E-state index in [1.165, 1.54) is 6.42 Å². The maximum absolute atomic E-state index is 12.3. The quantitative estimate of drug-likeness (QED) is 0.671. The molecule has 0 atom stereocenters. The summed E-state index contributed by atoms with van der Waals surface area (Å²) in [6.45, 7) is 0. The van der Waals surface area contributed by atoms with E-state index in [-0.39, 0.29) is 17.5 Å². The molecule has 1 amide bonds. The van der Waals surface area contributed by atoms with Crippen molar-refractivity contribution in [2.24, 2.45) is 0 Å². The molecule has 112 valence electrons. The number of para-hydroxylation sites is 1. The normalized spacial score (nSPS) is 16.4. The first-order valence-electron chi connectivity index (χ1n) is 7.76. The van der Waals surface area contributed by atoms with Gasteiger partial charge >= 0.3 is 0 Å². The van der Waals surface area contributed by atoms with Gasteiger partial charge in [-0.25, -0.2) is 0 Å². The predicted molar refractivity (Wildman–Crippen MR) is 86.9 cm³/mol. The van der Waals surface area contributed by atoms with Gasteiger partial charge in [-0.15, -0.1) is 0 Å². The fourth-order valence-corrected chi connectivity index (χ4v) is 3.03. The standard InChI is InChI=1S/C18H19N3O/c19-11-13(18(22)21-15-6-2-1-3-7-15)10-14-12-20-17-9-5-4-8-16(14)17/h4-5,8-10,12,15,20H,1-3,6-7H2,(H,21,22)/b13-10+. The van der Waals surface area contributed by atoms with Gasteiger partial charge in [0.2, 0.25) is 0 Å². The van der Waals surface area contributed by atoms with Crippen LogP contribution < -0.4 is 5.32 Å². The molecule has 1 aliphatic carbocycles. The average molecular weight is 293 g/mol. The molecule has 1 aromatic carbocycles. The van der Waals surface area contributed by atoms with Crippen LogP contribution in [-0.4, -0.2) is 16.9 Å². The lowest BCUT2D eigenvalue weighted by Gasteiger charge is -2.22. The number of fused-ring (bicyclic) bond motifs is 1. The van der Waals surface area contributed by atoms with Crippen molar-refractivity contribution in [1.29, 1.82) is 5.26 Å². The molecule has 0 radical (unpaired) electrons. The third-order valence-electron chi connectivity index (χ3n) is 4.23. The Labute approximate surface area is 129 Å². The Morgan fingerprint density at radius 2 is 2.05 bits per heavy atom. The van der Waals surface area contributed by atoms with E-state index in [1.807, 2.05) is 36.5 Å². The summed E-state index contributed by atoms with van der Waals surface area (Å²) in [5.74, 6) is -0.264. The van der Waals surface area contributed by atoms with Crippen LogP contribution in [-0.2, 0) is 4.79 Å². The zero-order valence-electron chi connectivity index (χ0n) is 12.4. The molecule has 4 nitrogen and oxygen atoms in total. The van der Waals surface area contributed by atoms with Gasteiger partial charge in [0.25, 0.3) is 5.91 Å². The number of carbonyl (C=O) groups is 1. The van der Waals surface area contributed by atoms with Crippen LogP contribution in [0.3, 0.4) is 0 Å². The van der Waals surface area contributed by atoms with Gasteiger partial charge < -0.3 is 10.3 Å². The molecule has 1 saturated carbocycles. The molecule has 2 N–H and O–H groups in total. The van der Waals surface area contributed by atoms with E-state index in [0.717, 1.165) is 42.1 Å². The maximum Gasteiger partial charge on any atom is 0.262 e. The molecule has 1 aromatic heterocycles. The molecule has 2 aromatic rings. The average Bonchev–Trinajstić information content (AvgIpc) is 2.96. The first-order valence-corrected chi connectivity index (χ1v) is 7.76. The van der Waals surface area contributed by atoms with Crippen LogP contribution in [0.25, 0.3) is 17.0 Å². The van der Waals surface area contributed by atoms with Gasteiger partial charge in [0.05, 0.1) is 0 Å². The number of aromatic amines is 1. The van der Waals surface area contributed by atoms with Crippen LogP contribution >= 0.6 is 0 Å². The van der Waals surface area contributed by atoms with Crippen LogP contribution in [0, 0.1) is 11.3 Å². The monoisotopic (exact) mass is 293 g/mol. The van der Waals surface area contributed by atoms with Gasteiger partial charge in [0, 0.05) is 28.7 Å². The van der Waals surface area contributed by atoms with Gasteiger partial charge in [0.15, 0.2) is 0 Å². The summed E-state index contributed by atoms with van der Waals surface area (Å²) in [5, 5.41) is 13.3. The van der Waals surface area contributed by atoms with Gasteiger partial charge in [-0.1, -0.05) is 37.5 Å². The minimum Gasteiger partial charge on any atom is -0.361 e. The highest BCUT2D eigenvalue weighted by molar-refractivity contribution is 6.04. The number of benzene rings is 1. The van der Waals surface area contributed by atoms with E-state index < -0.39 is 0 Å². The van der Waals surface area contributed by atoms with Crippen LogP contribution in [0.1, 0.15) is 37.7 Å². The molecule has 1 heterocycles. The summed E-state index contributed by atoms with van der Waals surface area (Å²) in [7, 11) is 0. The zero-order valence-corrected chi connectivity index (χ0v) is 12.4. The van der Waals surface area contributed by atoms with Crippen LogP contribution in [0.15, 0.2) is 36.0 Å². The van der Waals surface area contributed by atoms with Gasteiger partial charge in [-0.05, 0) is 25.0 Å². The van der Waals surface area contributed by atoms with Crippen molar-refractivity contribution in [3.63, 3.8) is 0 Å². The fraction of sp³-hybridized carbons (Fsp3) is 0.333. The van der Waals surface area contributed by atoms with Crippen LogP contribution in [0.4, 0.5) is 0 Å². The number of rotatable bonds is 3. The lowest BCUT2D eigenvalue weighted by atomic mass is 9.95. The van der Waals surface area contributed by atoms with Gasteiger partial charge in [0.1, 0.15) is 11.6 Å². The first-order chi connectivity index (χ1) is 10.8. The number of nitrogens with zero attached hydrogens (tertiary/aromatic N) is 1. The number of aromatic nitrogens is 1. The van der Waals surface area contributed by atoms with Crippen molar-refractivity contribution in [3.8, 4) is 6.07 Å². The first kappa shape index (κ1) is 14.4. The van der Waals surface area contributed by atoms with E-state index >= 15 is 0 Å². The molecule has 0 aliphatic heterocycles. The number of hydrogen-bond acceptors (Lipinski definition) is 2. The van der Waals surface area contributed by atoms with Crippen molar-refractivity contribution in [2.45, 2.75) is 38.1 Å². The highest BCUT2D eigenvalue weighted by Gasteiger charge is 2.18. The fourth-order valence-electron chi connectivity index (χ4n) is 3.03. The Kier molecular flexibility index (Phi) is 4.24. The minimum atomic E-state index is -0.264. The van der Waals surface area contributed by atoms with Crippen LogP contribution in [0.2, 0.25) is 0 Å². The predicted octanol–water partition coefficient (Wildman–Crippen LogP) is 3.52. The highest BCUT2D eigenvalue weighted by atomic mass is 16.1. The Balaban J connectivity index is 1.80. The number of amides is 1. The lowest BCUT2D eigenvalue weighted by Crippen LogP contribution is -2.36. The summed E-state index contributed by atoms with van der Waals surface area (Å²) in [6.07, 6.45) is 9.06. The highest BCUT2D eigenvalue weighted by Crippen LogP contribution is 2.21. The molecule has 22 heavy (non-hydrogen) atoms. The van der Waals surface area contributed by atoms with E-state index in [1.54, 1.807) is 6.08 Å². The molecule has 4 heteroatoms. The molecule has 0 spiro atoms. The second kappa shape index (κ2) is 6.48. The summed E-state index contributed by atoms with van der Waals surface area (Å²) >= 11 is 0. The number of nitriles is 1.